The van der Waals surface area contributed by atoms with Crippen LogP contribution in [0.3, 0.4) is 0 Å². The van der Waals surface area contributed by atoms with E-state index in [9.17, 15) is 9.59 Å². The molecule has 0 spiro atoms. The van der Waals surface area contributed by atoms with E-state index in [2.05, 4.69) is 20.6 Å². The maximum Gasteiger partial charge on any atom is 0.253 e. The molecule has 5 rings (SSSR count). The zero-order valence-corrected chi connectivity index (χ0v) is 17.8. The minimum atomic E-state index is -0.157. The van der Waals surface area contributed by atoms with E-state index in [1.807, 2.05) is 33.3 Å². The summed E-state index contributed by atoms with van der Waals surface area (Å²) in [5.41, 5.74) is 2.74. The summed E-state index contributed by atoms with van der Waals surface area (Å²) >= 11 is 0. The standard InChI is InChI=1S/C24H26N6O2/c31-23(18-6-8-21-25-10-12-29(21)15-18)27-14-20(17-4-2-1-3-5-17)28-24(32)19-7-9-22-26-11-13-30(22)16-19/h6-13,15-17,20H,1-5,14H2,(H,27,31)(H,28,32). The fourth-order valence-corrected chi connectivity index (χ4v) is 4.54. The molecule has 0 bridgehead atoms. The summed E-state index contributed by atoms with van der Waals surface area (Å²) in [5, 5.41) is 6.22. The number of pyridine rings is 2. The Hall–Kier alpha value is -3.68. The van der Waals surface area contributed by atoms with Crippen molar-refractivity contribution in [3.05, 3.63) is 72.6 Å². The van der Waals surface area contributed by atoms with Crippen LogP contribution < -0.4 is 10.6 Å². The zero-order chi connectivity index (χ0) is 21.9. The molecule has 2 amide bonds. The maximum atomic E-state index is 13.0. The van der Waals surface area contributed by atoms with E-state index >= 15 is 0 Å². The number of nitrogens with one attached hydrogen (secondary N) is 2. The smallest absolute Gasteiger partial charge is 0.253 e. The Balaban J connectivity index is 1.29. The molecule has 32 heavy (non-hydrogen) atoms. The van der Waals surface area contributed by atoms with Crippen LogP contribution in [-0.4, -0.2) is 43.2 Å². The van der Waals surface area contributed by atoms with Gasteiger partial charge in [-0.1, -0.05) is 19.3 Å². The second kappa shape index (κ2) is 8.82. The van der Waals surface area contributed by atoms with E-state index < -0.39 is 0 Å². The number of nitrogens with zero attached hydrogens (tertiary/aromatic N) is 4. The predicted octanol–water partition coefficient (Wildman–Crippen LogP) is 3.09. The van der Waals surface area contributed by atoms with Crippen LogP contribution in [0.1, 0.15) is 52.8 Å². The molecule has 1 atom stereocenters. The Labute approximate surface area is 185 Å². The Morgan fingerprint density at radius 1 is 0.875 bits per heavy atom. The first-order valence-electron chi connectivity index (χ1n) is 11.1. The van der Waals surface area contributed by atoms with Crippen LogP contribution in [0.4, 0.5) is 0 Å². The summed E-state index contributed by atoms with van der Waals surface area (Å²) in [6.07, 6.45) is 16.3. The number of hydrogen-bond donors (Lipinski definition) is 2. The molecule has 8 heteroatoms. The third-order valence-corrected chi connectivity index (χ3v) is 6.32. The van der Waals surface area contributed by atoms with E-state index in [0.717, 1.165) is 37.0 Å². The van der Waals surface area contributed by atoms with Crippen molar-refractivity contribution < 1.29 is 9.59 Å². The van der Waals surface area contributed by atoms with Crippen LogP contribution in [0.2, 0.25) is 0 Å². The van der Waals surface area contributed by atoms with Gasteiger partial charge in [0.1, 0.15) is 11.3 Å². The van der Waals surface area contributed by atoms with Gasteiger partial charge in [-0.15, -0.1) is 0 Å². The third kappa shape index (κ3) is 4.21. The van der Waals surface area contributed by atoms with Gasteiger partial charge in [-0.3, -0.25) is 9.59 Å². The molecule has 0 aliphatic heterocycles. The molecule has 1 saturated carbocycles. The van der Waals surface area contributed by atoms with Gasteiger partial charge in [-0.25, -0.2) is 9.97 Å². The van der Waals surface area contributed by atoms with Gasteiger partial charge in [0, 0.05) is 49.8 Å². The first kappa shape index (κ1) is 20.2. The fraction of sp³-hybridized carbons (Fsp3) is 0.333. The molecule has 1 fully saturated rings. The van der Waals surface area contributed by atoms with E-state index in [4.69, 9.17) is 0 Å². The predicted molar refractivity (Wildman–Crippen MR) is 121 cm³/mol. The van der Waals surface area contributed by atoms with Gasteiger partial charge in [0.2, 0.25) is 0 Å². The van der Waals surface area contributed by atoms with Gasteiger partial charge in [0.05, 0.1) is 11.1 Å². The first-order valence-corrected chi connectivity index (χ1v) is 11.1. The quantitative estimate of drug-likeness (QED) is 0.492. The summed E-state index contributed by atoms with van der Waals surface area (Å²) < 4.78 is 3.65. The fourth-order valence-electron chi connectivity index (χ4n) is 4.54. The maximum absolute atomic E-state index is 13.0. The molecule has 4 aromatic rings. The van der Waals surface area contributed by atoms with Crippen LogP contribution in [0.5, 0.6) is 0 Å². The average molecular weight is 431 g/mol. The summed E-state index contributed by atoms with van der Waals surface area (Å²) in [6.45, 7) is 0.393. The van der Waals surface area contributed by atoms with Crippen molar-refractivity contribution in [2.24, 2.45) is 5.92 Å². The van der Waals surface area contributed by atoms with E-state index in [1.165, 1.54) is 6.42 Å². The average Bonchev–Trinajstić information content (AvgIpc) is 3.50. The molecule has 164 valence electrons. The van der Waals surface area contributed by atoms with E-state index in [-0.39, 0.29) is 17.9 Å². The molecular formula is C24H26N6O2. The SMILES string of the molecule is O=C(NCC(NC(=O)c1ccc2nccn2c1)C1CCCCC1)c1ccc2nccn2c1. The van der Waals surface area contributed by atoms with Crippen molar-refractivity contribution in [2.45, 2.75) is 38.1 Å². The summed E-state index contributed by atoms with van der Waals surface area (Å²) in [5.74, 6) is 0.0573. The van der Waals surface area contributed by atoms with E-state index in [1.54, 1.807) is 36.9 Å². The number of hydrogen-bond acceptors (Lipinski definition) is 4. The number of amides is 2. The van der Waals surface area contributed by atoms with Crippen LogP contribution in [0.15, 0.2) is 61.4 Å². The van der Waals surface area contributed by atoms with Gasteiger partial charge < -0.3 is 19.4 Å². The lowest BCUT2D eigenvalue weighted by Gasteiger charge is -2.31. The summed E-state index contributed by atoms with van der Waals surface area (Å²) in [6, 6.07) is 7.09. The highest BCUT2D eigenvalue weighted by atomic mass is 16.2. The lowest BCUT2D eigenvalue weighted by molar-refractivity contribution is 0.0882. The van der Waals surface area contributed by atoms with E-state index in [0.29, 0.717) is 23.6 Å². The number of aromatic nitrogens is 4. The Morgan fingerprint density at radius 2 is 1.47 bits per heavy atom. The number of carbonyl (C=O) groups is 2. The Kier molecular flexibility index (Phi) is 5.58. The second-order valence-corrected chi connectivity index (χ2v) is 8.41. The largest absolute Gasteiger partial charge is 0.350 e. The van der Waals surface area contributed by atoms with Crippen LogP contribution in [0, 0.1) is 5.92 Å². The van der Waals surface area contributed by atoms with Crippen molar-refractivity contribution in [1.82, 2.24) is 29.4 Å². The lowest BCUT2D eigenvalue weighted by Crippen LogP contribution is -2.48. The van der Waals surface area contributed by atoms with Crippen molar-refractivity contribution in [2.75, 3.05) is 6.54 Å². The normalized spacial score (nSPS) is 15.6. The molecule has 0 saturated heterocycles. The molecule has 1 unspecified atom stereocenters. The first-order chi connectivity index (χ1) is 15.7. The highest BCUT2D eigenvalue weighted by Crippen LogP contribution is 2.26. The number of rotatable bonds is 6. The van der Waals surface area contributed by atoms with Crippen molar-refractivity contribution in [3.63, 3.8) is 0 Å². The molecular weight excluding hydrogens is 404 g/mol. The number of carbonyl (C=O) groups excluding carboxylic acids is 2. The Bertz CT molecular complexity index is 1250. The Morgan fingerprint density at radius 3 is 2.09 bits per heavy atom. The minimum absolute atomic E-state index is 0.123. The topological polar surface area (TPSA) is 92.8 Å². The molecule has 2 N–H and O–H groups in total. The minimum Gasteiger partial charge on any atom is -0.350 e. The summed E-state index contributed by atoms with van der Waals surface area (Å²) in [7, 11) is 0. The highest BCUT2D eigenvalue weighted by molar-refractivity contribution is 5.95. The highest BCUT2D eigenvalue weighted by Gasteiger charge is 2.26. The van der Waals surface area contributed by atoms with Gasteiger partial charge in [0.15, 0.2) is 0 Å². The monoisotopic (exact) mass is 430 g/mol. The van der Waals surface area contributed by atoms with Crippen molar-refractivity contribution in [1.29, 1.82) is 0 Å². The molecule has 4 heterocycles. The van der Waals surface area contributed by atoms with Gasteiger partial charge >= 0.3 is 0 Å². The molecule has 0 radical (unpaired) electrons. The number of fused-ring (bicyclic) bond motifs is 2. The molecule has 1 aliphatic rings. The molecule has 0 aromatic carbocycles. The third-order valence-electron chi connectivity index (χ3n) is 6.32. The molecule has 4 aromatic heterocycles. The van der Waals surface area contributed by atoms with Crippen molar-refractivity contribution in [3.8, 4) is 0 Å². The van der Waals surface area contributed by atoms with Crippen LogP contribution >= 0.6 is 0 Å². The second-order valence-electron chi connectivity index (χ2n) is 8.41. The summed E-state index contributed by atoms with van der Waals surface area (Å²) in [4.78, 5) is 34.3. The molecule has 1 aliphatic carbocycles. The van der Waals surface area contributed by atoms with Crippen molar-refractivity contribution >= 4 is 23.1 Å². The van der Waals surface area contributed by atoms with Gasteiger partial charge in [-0.05, 0) is 43.0 Å². The zero-order valence-electron chi connectivity index (χ0n) is 17.8. The van der Waals surface area contributed by atoms with Crippen LogP contribution in [0.25, 0.3) is 11.3 Å². The van der Waals surface area contributed by atoms with Gasteiger partial charge in [-0.2, -0.15) is 0 Å². The number of imidazole rings is 2. The molecule has 8 nitrogen and oxygen atoms in total. The van der Waals surface area contributed by atoms with Crippen LogP contribution in [-0.2, 0) is 0 Å². The van der Waals surface area contributed by atoms with Gasteiger partial charge in [0.25, 0.3) is 11.8 Å². The lowest BCUT2D eigenvalue weighted by atomic mass is 9.83.